The predicted octanol–water partition coefficient (Wildman–Crippen LogP) is 1.16. The van der Waals surface area contributed by atoms with Gasteiger partial charge in [-0.1, -0.05) is 0 Å². The Morgan fingerprint density at radius 1 is 1.40 bits per heavy atom. The molecule has 1 aromatic heterocycles. The molecular weight excluding hydrogens is 281 g/mol. The third kappa shape index (κ3) is 3.98. The first-order valence-electron chi connectivity index (χ1n) is 5.39. The number of methoxy groups -OCH3 is 2. The first kappa shape index (κ1) is 16.0. The van der Waals surface area contributed by atoms with Gasteiger partial charge in [-0.3, -0.25) is 9.78 Å². The molecule has 1 rings (SSSR count). The van der Waals surface area contributed by atoms with Crippen molar-refractivity contribution in [2.75, 3.05) is 14.2 Å². The molecule has 0 amide bonds. The Morgan fingerprint density at radius 2 is 2.05 bits per heavy atom. The maximum Gasteiger partial charge on any atom is 0.573 e. The average Bonchev–Trinajstić information content (AvgIpc) is 2.37. The molecule has 0 fully saturated rings. The van der Waals surface area contributed by atoms with Crippen LogP contribution in [-0.4, -0.2) is 31.5 Å². The molecule has 6 nitrogen and oxygen atoms in total. The van der Waals surface area contributed by atoms with E-state index in [4.69, 9.17) is 10.5 Å². The van der Waals surface area contributed by atoms with Crippen LogP contribution in [0.3, 0.4) is 0 Å². The molecule has 9 heteroatoms. The number of aromatic nitrogens is 1. The normalized spacial score (nSPS) is 11.1. The standard InChI is InChI=1S/C11H13F3N2O4/c1-18-9(17)3-7-6(4-15)10(19-2)8(5-16-7)20-11(12,13)14/h5H,3-4,15H2,1-2H3. The van der Waals surface area contributed by atoms with E-state index < -0.39 is 18.1 Å². The van der Waals surface area contributed by atoms with E-state index in [1.165, 1.54) is 14.2 Å². The molecule has 0 aliphatic carbocycles. The Labute approximate surface area is 112 Å². The largest absolute Gasteiger partial charge is 0.573 e. The van der Waals surface area contributed by atoms with E-state index in [1.54, 1.807) is 0 Å². The molecular formula is C11H13F3N2O4. The lowest BCUT2D eigenvalue weighted by Crippen LogP contribution is -2.19. The average molecular weight is 294 g/mol. The van der Waals surface area contributed by atoms with Crippen molar-refractivity contribution in [1.82, 2.24) is 4.98 Å². The minimum Gasteiger partial charge on any atom is -0.492 e. The molecule has 20 heavy (non-hydrogen) atoms. The topological polar surface area (TPSA) is 83.7 Å². The highest BCUT2D eigenvalue weighted by atomic mass is 19.4. The summed E-state index contributed by atoms with van der Waals surface area (Å²) in [6.07, 6.45) is -4.29. The SMILES string of the molecule is COC(=O)Cc1ncc(OC(F)(F)F)c(OC)c1CN. The summed E-state index contributed by atoms with van der Waals surface area (Å²) >= 11 is 0. The van der Waals surface area contributed by atoms with Crippen molar-refractivity contribution in [3.8, 4) is 11.5 Å². The number of rotatable bonds is 5. The van der Waals surface area contributed by atoms with Gasteiger partial charge in [0.15, 0.2) is 11.5 Å². The summed E-state index contributed by atoms with van der Waals surface area (Å²) in [6.45, 7) is -0.169. The number of alkyl halides is 3. The summed E-state index contributed by atoms with van der Waals surface area (Å²) in [6, 6.07) is 0. The van der Waals surface area contributed by atoms with Gasteiger partial charge in [0, 0.05) is 12.1 Å². The van der Waals surface area contributed by atoms with Crippen molar-refractivity contribution < 1.29 is 32.2 Å². The zero-order valence-corrected chi connectivity index (χ0v) is 10.8. The molecule has 0 unspecified atom stereocenters. The minimum atomic E-state index is -4.88. The Balaban J connectivity index is 3.22. The Morgan fingerprint density at radius 3 is 2.50 bits per heavy atom. The molecule has 0 aromatic carbocycles. The summed E-state index contributed by atoms with van der Waals surface area (Å²) in [7, 11) is 2.35. The molecule has 2 N–H and O–H groups in total. The van der Waals surface area contributed by atoms with Gasteiger partial charge in [-0.15, -0.1) is 13.2 Å². The molecule has 1 heterocycles. The van der Waals surface area contributed by atoms with Crippen LogP contribution in [0.15, 0.2) is 6.20 Å². The highest BCUT2D eigenvalue weighted by molar-refractivity contribution is 5.72. The number of nitrogens with two attached hydrogens (primary N) is 1. The smallest absolute Gasteiger partial charge is 0.492 e. The first-order valence-corrected chi connectivity index (χ1v) is 5.39. The van der Waals surface area contributed by atoms with Crippen molar-refractivity contribution in [3.63, 3.8) is 0 Å². The summed E-state index contributed by atoms with van der Waals surface area (Å²) in [4.78, 5) is 15.0. The zero-order chi connectivity index (χ0) is 15.3. The number of nitrogens with zero attached hydrogens (tertiary/aromatic N) is 1. The number of halogens is 3. The lowest BCUT2D eigenvalue weighted by atomic mass is 10.1. The minimum absolute atomic E-state index is 0.152. The molecule has 0 aliphatic rings. The van der Waals surface area contributed by atoms with Gasteiger partial charge in [0.25, 0.3) is 0 Å². The maximum atomic E-state index is 12.2. The molecule has 112 valence electrons. The number of hydrogen-bond acceptors (Lipinski definition) is 6. The second-order valence-corrected chi connectivity index (χ2v) is 3.59. The fourth-order valence-electron chi connectivity index (χ4n) is 1.55. The molecule has 0 spiro atoms. The quantitative estimate of drug-likeness (QED) is 0.820. The van der Waals surface area contributed by atoms with Crippen LogP contribution in [0, 0.1) is 0 Å². The molecule has 0 aliphatic heterocycles. The van der Waals surface area contributed by atoms with Gasteiger partial charge in [0.1, 0.15) is 0 Å². The van der Waals surface area contributed by atoms with E-state index in [0.717, 1.165) is 6.20 Å². The number of hydrogen-bond donors (Lipinski definition) is 1. The highest BCUT2D eigenvalue weighted by Crippen LogP contribution is 2.35. The zero-order valence-electron chi connectivity index (χ0n) is 10.8. The maximum absolute atomic E-state index is 12.2. The van der Waals surface area contributed by atoms with Gasteiger partial charge < -0.3 is 19.9 Å². The lowest BCUT2D eigenvalue weighted by Gasteiger charge is -2.16. The van der Waals surface area contributed by atoms with E-state index in [1.807, 2.05) is 0 Å². The fraction of sp³-hybridized carbons (Fsp3) is 0.455. The Kier molecular flexibility index (Phi) is 5.14. The third-order valence-corrected chi connectivity index (χ3v) is 2.36. The van der Waals surface area contributed by atoms with E-state index in [0.29, 0.717) is 0 Å². The van der Waals surface area contributed by atoms with Crippen LogP contribution >= 0.6 is 0 Å². The number of esters is 1. The highest BCUT2D eigenvalue weighted by Gasteiger charge is 2.33. The Bertz CT molecular complexity index is 491. The molecule has 0 radical (unpaired) electrons. The van der Waals surface area contributed by atoms with Crippen molar-refractivity contribution >= 4 is 5.97 Å². The van der Waals surface area contributed by atoms with Gasteiger partial charge in [-0.2, -0.15) is 0 Å². The van der Waals surface area contributed by atoms with Crippen molar-refractivity contribution in [3.05, 3.63) is 17.5 Å². The van der Waals surface area contributed by atoms with E-state index in [-0.39, 0.29) is 30.0 Å². The fourth-order valence-corrected chi connectivity index (χ4v) is 1.55. The summed E-state index contributed by atoms with van der Waals surface area (Å²) < 4.78 is 49.9. The molecule has 0 bridgehead atoms. The van der Waals surface area contributed by atoms with Gasteiger partial charge in [0.2, 0.25) is 0 Å². The van der Waals surface area contributed by atoms with E-state index >= 15 is 0 Å². The van der Waals surface area contributed by atoms with Gasteiger partial charge in [0.05, 0.1) is 32.5 Å². The van der Waals surface area contributed by atoms with Crippen molar-refractivity contribution in [1.29, 1.82) is 0 Å². The lowest BCUT2D eigenvalue weighted by molar-refractivity contribution is -0.275. The summed E-state index contributed by atoms with van der Waals surface area (Å²) in [5, 5.41) is 0. The van der Waals surface area contributed by atoms with Crippen LogP contribution in [0.1, 0.15) is 11.3 Å². The van der Waals surface area contributed by atoms with Gasteiger partial charge in [-0.05, 0) is 0 Å². The number of carbonyl (C=O) groups excluding carboxylic acids is 1. The number of carbonyl (C=O) groups is 1. The third-order valence-electron chi connectivity index (χ3n) is 2.36. The second kappa shape index (κ2) is 6.42. The summed E-state index contributed by atoms with van der Waals surface area (Å²) in [5.74, 6) is -1.42. The Hall–Kier alpha value is -2.03. The van der Waals surface area contributed by atoms with E-state index in [2.05, 4.69) is 14.5 Å². The van der Waals surface area contributed by atoms with Crippen LogP contribution in [0.2, 0.25) is 0 Å². The van der Waals surface area contributed by atoms with E-state index in [9.17, 15) is 18.0 Å². The van der Waals surface area contributed by atoms with Crippen LogP contribution in [-0.2, 0) is 22.5 Å². The summed E-state index contributed by atoms with van der Waals surface area (Å²) in [5.41, 5.74) is 5.79. The van der Waals surface area contributed by atoms with Crippen molar-refractivity contribution in [2.24, 2.45) is 5.73 Å². The van der Waals surface area contributed by atoms with Crippen molar-refractivity contribution in [2.45, 2.75) is 19.3 Å². The van der Waals surface area contributed by atoms with Crippen LogP contribution in [0.5, 0.6) is 11.5 Å². The molecule has 0 saturated heterocycles. The van der Waals surface area contributed by atoms with Crippen LogP contribution < -0.4 is 15.2 Å². The number of ether oxygens (including phenoxy) is 3. The molecule has 0 saturated carbocycles. The van der Waals surface area contributed by atoms with Crippen LogP contribution in [0.4, 0.5) is 13.2 Å². The predicted molar refractivity (Wildman–Crippen MR) is 61.1 cm³/mol. The molecule has 1 aromatic rings. The molecule has 0 atom stereocenters. The van der Waals surface area contributed by atoms with Crippen LogP contribution in [0.25, 0.3) is 0 Å². The van der Waals surface area contributed by atoms with Gasteiger partial charge >= 0.3 is 12.3 Å². The second-order valence-electron chi connectivity index (χ2n) is 3.59. The monoisotopic (exact) mass is 294 g/mol. The first-order chi connectivity index (χ1) is 9.32. The number of pyridine rings is 1. The van der Waals surface area contributed by atoms with Gasteiger partial charge in [-0.25, -0.2) is 0 Å².